The van der Waals surface area contributed by atoms with Gasteiger partial charge in [0.1, 0.15) is 11.3 Å². The summed E-state index contributed by atoms with van der Waals surface area (Å²) in [5.74, 6) is -0.842. The van der Waals surface area contributed by atoms with Crippen molar-refractivity contribution in [2.75, 3.05) is 6.61 Å². The van der Waals surface area contributed by atoms with Crippen molar-refractivity contribution in [2.45, 2.75) is 13.3 Å². The normalized spacial score (nSPS) is 10.3. The van der Waals surface area contributed by atoms with Crippen LogP contribution in [0.2, 0.25) is 0 Å². The van der Waals surface area contributed by atoms with E-state index in [-0.39, 0.29) is 17.9 Å². The van der Waals surface area contributed by atoms with Crippen molar-refractivity contribution in [1.29, 1.82) is 0 Å². The van der Waals surface area contributed by atoms with Gasteiger partial charge in [-0.15, -0.1) is 0 Å². The minimum absolute atomic E-state index is 0.188. The van der Waals surface area contributed by atoms with Crippen LogP contribution in [0.3, 0.4) is 0 Å². The third kappa shape index (κ3) is 5.05. The second-order valence-electron chi connectivity index (χ2n) is 6.12. The number of hydrogen-bond acceptors (Lipinski definition) is 4. The summed E-state index contributed by atoms with van der Waals surface area (Å²) >= 11 is 0. The first kappa shape index (κ1) is 18.4. The van der Waals surface area contributed by atoms with Crippen molar-refractivity contribution in [3.8, 4) is 5.75 Å². The second-order valence-corrected chi connectivity index (χ2v) is 6.12. The molecule has 0 bridgehead atoms. The molecule has 3 aromatic rings. The van der Waals surface area contributed by atoms with Crippen LogP contribution in [0.4, 0.5) is 0 Å². The summed E-state index contributed by atoms with van der Waals surface area (Å²) in [6.45, 7) is 2.19. The minimum Gasteiger partial charge on any atom is -0.462 e. The summed E-state index contributed by atoms with van der Waals surface area (Å²) in [4.78, 5) is 24.7. The molecule has 136 valence electrons. The van der Waals surface area contributed by atoms with Gasteiger partial charge in [0.25, 0.3) is 0 Å². The lowest BCUT2D eigenvalue weighted by molar-refractivity contribution is 0.0504. The van der Waals surface area contributed by atoms with Crippen LogP contribution in [0.1, 0.15) is 31.8 Å². The molecular weight excluding hydrogens is 340 g/mol. The molecule has 0 aliphatic carbocycles. The first-order valence-electron chi connectivity index (χ1n) is 8.72. The highest BCUT2D eigenvalue weighted by Gasteiger charge is 2.17. The smallest absolute Gasteiger partial charge is 0.343 e. The van der Waals surface area contributed by atoms with E-state index >= 15 is 0 Å². The van der Waals surface area contributed by atoms with Gasteiger partial charge in [-0.3, -0.25) is 0 Å². The molecule has 0 atom stereocenters. The molecule has 0 spiro atoms. The maximum Gasteiger partial charge on any atom is 0.343 e. The van der Waals surface area contributed by atoms with Gasteiger partial charge in [0.2, 0.25) is 0 Å². The molecule has 0 radical (unpaired) electrons. The molecule has 0 aromatic heterocycles. The summed E-state index contributed by atoms with van der Waals surface area (Å²) < 4.78 is 10.8. The van der Waals surface area contributed by atoms with E-state index in [2.05, 4.69) is 0 Å². The average Bonchev–Trinajstić information content (AvgIpc) is 2.69. The zero-order valence-corrected chi connectivity index (χ0v) is 15.1. The fraction of sp³-hybridized carbons (Fsp3) is 0.130. The highest BCUT2D eigenvalue weighted by Crippen LogP contribution is 2.21. The van der Waals surface area contributed by atoms with Gasteiger partial charge in [-0.25, -0.2) is 9.59 Å². The lowest BCUT2D eigenvalue weighted by Gasteiger charge is -2.10. The van der Waals surface area contributed by atoms with Crippen molar-refractivity contribution in [2.24, 2.45) is 0 Å². The third-order valence-corrected chi connectivity index (χ3v) is 4.06. The molecule has 0 N–H and O–H groups in total. The van der Waals surface area contributed by atoms with Crippen LogP contribution >= 0.6 is 0 Å². The van der Waals surface area contributed by atoms with Crippen LogP contribution in [0.25, 0.3) is 0 Å². The Balaban J connectivity index is 1.65. The Labute approximate surface area is 158 Å². The molecule has 27 heavy (non-hydrogen) atoms. The molecule has 4 heteroatoms. The number of ether oxygens (including phenoxy) is 2. The lowest BCUT2D eigenvalue weighted by Crippen LogP contribution is -2.14. The molecule has 0 aliphatic rings. The molecule has 0 saturated heterocycles. The van der Waals surface area contributed by atoms with E-state index < -0.39 is 11.9 Å². The maximum atomic E-state index is 12.4. The standard InChI is InChI=1S/C23H20O4/c1-17-11-13-19(14-12-17)22(24)27-21-10-6-5-9-20(21)23(25)26-16-15-18-7-3-2-4-8-18/h2-14H,15-16H2,1H3. The highest BCUT2D eigenvalue weighted by atomic mass is 16.5. The van der Waals surface area contributed by atoms with E-state index in [4.69, 9.17) is 9.47 Å². The first-order chi connectivity index (χ1) is 13.1. The Kier molecular flexibility index (Phi) is 6.00. The minimum atomic E-state index is -0.516. The molecule has 0 fully saturated rings. The lowest BCUT2D eigenvalue weighted by atomic mass is 10.1. The summed E-state index contributed by atoms with van der Waals surface area (Å²) in [5, 5.41) is 0. The van der Waals surface area contributed by atoms with Crippen LogP contribution in [0.5, 0.6) is 5.75 Å². The number of hydrogen-bond donors (Lipinski definition) is 0. The topological polar surface area (TPSA) is 52.6 Å². The number of carbonyl (C=O) groups excluding carboxylic acids is 2. The fourth-order valence-electron chi connectivity index (χ4n) is 2.56. The van der Waals surface area contributed by atoms with Gasteiger partial charge in [0.05, 0.1) is 12.2 Å². The van der Waals surface area contributed by atoms with Crippen molar-refractivity contribution in [3.63, 3.8) is 0 Å². The predicted octanol–water partition coefficient (Wildman–Crippen LogP) is 4.61. The zero-order chi connectivity index (χ0) is 19.1. The van der Waals surface area contributed by atoms with Crippen LogP contribution in [-0.4, -0.2) is 18.5 Å². The van der Waals surface area contributed by atoms with Crippen LogP contribution in [0, 0.1) is 6.92 Å². The number of benzene rings is 3. The molecule has 4 nitrogen and oxygen atoms in total. The summed E-state index contributed by atoms with van der Waals surface area (Å²) in [5.41, 5.74) is 2.79. The van der Waals surface area contributed by atoms with Gasteiger partial charge in [-0.1, -0.05) is 60.2 Å². The Morgan fingerprint density at radius 2 is 1.44 bits per heavy atom. The average molecular weight is 360 g/mol. The number of aryl methyl sites for hydroxylation is 1. The summed E-state index contributed by atoms with van der Waals surface area (Å²) in [7, 11) is 0. The zero-order valence-electron chi connectivity index (χ0n) is 15.1. The Hall–Kier alpha value is -3.40. The molecule has 0 unspecified atom stereocenters. The van der Waals surface area contributed by atoms with Crippen molar-refractivity contribution in [1.82, 2.24) is 0 Å². The third-order valence-electron chi connectivity index (χ3n) is 4.06. The van der Waals surface area contributed by atoms with E-state index in [1.54, 1.807) is 36.4 Å². The highest BCUT2D eigenvalue weighted by molar-refractivity contribution is 5.96. The van der Waals surface area contributed by atoms with Gasteiger partial charge in [-0.05, 0) is 36.8 Å². The Bertz CT molecular complexity index is 915. The maximum absolute atomic E-state index is 12.4. The molecular formula is C23H20O4. The SMILES string of the molecule is Cc1ccc(C(=O)Oc2ccccc2C(=O)OCCc2ccccc2)cc1. The summed E-state index contributed by atoms with van der Waals surface area (Å²) in [6, 6.07) is 23.4. The monoisotopic (exact) mass is 360 g/mol. The molecule has 0 aliphatic heterocycles. The van der Waals surface area contributed by atoms with Crippen LogP contribution in [0.15, 0.2) is 78.9 Å². The second kappa shape index (κ2) is 8.81. The van der Waals surface area contributed by atoms with E-state index in [0.29, 0.717) is 12.0 Å². The van der Waals surface area contributed by atoms with Gasteiger partial charge >= 0.3 is 11.9 Å². The summed E-state index contributed by atoms with van der Waals surface area (Å²) in [6.07, 6.45) is 0.623. The van der Waals surface area contributed by atoms with E-state index in [1.165, 1.54) is 0 Å². The Morgan fingerprint density at radius 1 is 0.778 bits per heavy atom. The van der Waals surface area contributed by atoms with Crippen LogP contribution < -0.4 is 4.74 Å². The van der Waals surface area contributed by atoms with Crippen molar-refractivity contribution in [3.05, 3.63) is 101 Å². The largest absolute Gasteiger partial charge is 0.462 e. The van der Waals surface area contributed by atoms with Crippen molar-refractivity contribution >= 4 is 11.9 Å². The quantitative estimate of drug-likeness (QED) is 0.476. The predicted molar refractivity (Wildman–Crippen MR) is 103 cm³/mol. The van der Waals surface area contributed by atoms with Gasteiger partial charge in [-0.2, -0.15) is 0 Å². The number of carbonyl (C=O) groups is 2. The van der Waals surface area contributed by atoms with E-state index in [9.17, 15) is 9.59 Å². The molecule has 0 amide bonds. The van der Waals surface area contributed by atoms with Gasteiger partial charge < -0.3 is 9.47 Å². The van der Waals surface area contributed by atoms with Crippen LogP contribution in [-0.2, 0) is 11.2 Å². The number of para-hydroxylation sites is 1. The number of rotatable bonds is 6. The molecule has 0 heterocycles. The van der Waals surface area contributed by atoms with E-state index in [1.807, 2.05) is 49.4 Å². The Morgan fingerprint density at radius 3 is 2.19 bits per heavy atom. The first-order valence-corrected chi connectivity index (χ1v) is 8.72. The molecule has 3 aromatic carbocycles. The van der Waals surface area contributed by atoms with E-state index in [0.717, 1.165) is 11.1 Å². The molecule has 0 saturated carbocycles. The fourth-order valence-corrected chi connectivity index (χ4v) is 2.56. The molecule has 3 rings (SSSR count). The van der Waals surface area contributed by atoms with Gasteiger partial charge in [0.15, 0.2) is 0 Å². The van der Waals surface area contributed by atoms with Gasteiger partial charge in [0, 0.05) is 6.42 Å². The van der Waals surface area contributed by atoms with Crippen molar-refractivity contribution < 1.29 is 19.1 Å². The number of esters is 2.